The molecule has 0 unspecified atom stereocenters. The molecule has 2 aromatic rings. The summed E-state index contributed by atoms with van der Waals surface area (Å²) in [5.41, 5.74) is 1.57. The second-order valence-electron chi connectivity index (χ2n) is 13.6. The number of benzene rings is 1. The molecule has 1 saturated heterocycles. The molecule has 2 aliphatic rings. The van der Waals surface area contributed by atoms with Gasteiger partial charge >= 0.3 is 6.03 Å². The average Bonchev–Trinajstić information content (AvgIpc) is 3.78. The van der Waals surface area contributed by atoms with Crippen molar-refractivity contribution in [3.8, 4) is 0 Å². The maximum atomic E-state index is 14.2. The molecular formula is C35H54N6O5. The van der Waals surface area contributed by atoms with E-state index in [9.17, 15) is 24.6 Å². The normalized spacial score (nSPS) is 18.9. The number of carbonyl (C=O) groups is 3. The fourth-order valence-corrected chi connectivity index (χ4v) is 6.68. The molecule has 5 atom stereocenters. The molecule has 11 heteroatoms. The highest BCUT2D eigenvalue weighted by Crippen LogP contribution is 2.29. The molecule has 1 aromatic carbocycles. The summed E-state index contributed by atoms with van der Waals surface area (Å²) in [5.74, 6) is -0.439. The fraction of sp³-hybridized carbons (Fsp3) is 0.657. The fourth-order valence-electron chi connectivity index (χ4n) is 6.68. The summed E-state index contributed by atoms with van der Waals surface area (Å²) in [4.78, 5) is 51.9. The molecule has 1 saturated carbocycles. The third kappa shape index (κ3) is 10.3. The van der Waals surface area contributed by atoms with E-state index in [0.29, 0.717) is 31.1 Å². The number of hydrogen-bond donors (Lipinski definition) is 5. The Labute approximate surface area is 273 Å². The van der Waals surface area contributed by atoms with Gasteiger partial charge in [0.2, 0.25) is 11.8 Å². The molecule has 0 spiro atoms. The van der Waals surface area contributed by atoms with Crippen molar-refractivity contribution >= 4 is 17.8 Å². The van der Waals surface area contributed by atoms with Crippen LogP contribution in [0.4, 0.5) is 4.79 Å². The van der Waals surface area contributed by atoms with Crippen LogP contribution in [0.3, 0.4) is 0 Å². The minimum absolute atomic E-state index is 0.0325. The van der Waals surface area contributed by atoms with Gasteiger partial charge in [0.25, 0.3) is 0 Å². The van der Waals surface area contributed by atoms with Gasteiger partial charge in [-0.15, -0.1) is 0 Å². The van der Waals surface area contributed by atoms with Gasteiger partial charge in [-0.1, -0.05) is 76.3 Å². The lowest BCUT2D eigenvalue weighted by Gasteiger charge is -2.35. The lowest BCUT2D eigenvalue weighted by Crippen LogP contribution is -2.58. The monoisotopic (exact) mass is 638 g/mol. The van der Waals surface area contributed by atoms with Crippen molar-refractivity contribution < 1.29 is 24.6 Å². The van der Waals surface area contributed by atoms with Gasteiger partial charge in [0.05, 0.1) is 24.6 Å². The summed E-state index contributed by atoms with van der Waals surface area (Å²) >= 11 is 0. The number of imidazole rings is 1. The summed E-state index contributed by atoms with van der Waals surface area (Å²) in [5, 5.41) is 28.0. The van der Waals surface area contributed by atoms with Crippen molar-refractivity contribution in [3.05, 3.63) is 54.1 Å². The zero-order chi connectivity index (χ0) is 33.1. The number of likely N-dealkylation sites (N-methyl/N-ethyl adjacent to an activating group) is 1. The number of H-pyrrole nitrogens is 1. The highest BCUT2D eigenvalue weighted by molar-refractivity contribution is 5.92. The third-order valence-electron chi connectivity index (χ3n) is 9.71. The molecule has 4 amide bonds. The second kappa shape index (κ2) is 17.5. The lowest BCUT2D eigenvalue weighted by molar-refractivity contribution is -0.141. The van der Waals surface area contributed by atoms with Gasteiger partial charge in [-0.25, -0.2) is 9.78 Å². The highest BCUT2D eigenvalue weighted by Gasteiger charge is 2.36. The smallest absolute Gasteiger partial charge is 0.318 e. The number of urea groups is 1. The van der Waals surface area contributed by atoms with Crippen molar-refractivity contribution in [1.29, 1.82) is 0 Å². The molecule has 2 fully saturated rings. The van der Waals surface area contributed by atoms with Crippen LogP contribution in [0.5, 0.6) is 0 Å². The van der Waals surface area contributed by atoms with Crippen LogP contribution in [0.15, 0.2) is 42.9 Å². The number of carbonyl (C=O) groups excluding carboxylic acids is 3. The van der Waals surface area contributed by atoms with Crippen LogP contribution in [0.25, 0.3) is 0 Å². The molecule has 5 N–H and O–H groups in total. The first kappa shape index (κ1) is 35.4. The van der Waals surface area contributed by atoms with E-state index in [4.69, 9.17) is 0 Å². The van der Waals surface area contributed by atoms with Gasteiger partial charge < -0.3 is 35.6 Å². The van der Waals surface area contributed by atoms with Gasteiger partial charge in [-0.05, 0) is 36.7 Å². The summed E-state index contributed by atoms with van der Waals surface area (Å²) in [6, 6.07) is 6.84. The van der Waals surface area contributed by atoms with E-state index < -0.39 is 36.2 Å². The number of aliphatic hydroxyl groups excluding tert-OH is 2. The van der Waals surface area contributed by atoms with E-state index in [1.54, 1.807) is 18.1 Å². The van der Waals surface area contributed by atoms with Crippen LogP contribution in [-0.4, -0.2) is 98.3 Å². The van der Waals surface area contributed by atoms with Crippen LogP contribution >= 0.6 is 0 Å². The predicted molar refractivity (Wildman–Crippen MR) is 177 cm³/mol. The maximum Gasteiger partial charge on any atom is 0.318 e. The number of amides is 4. The Morgan fingerprint density at radius 1 is 0.978 bits per heavy atom. The molecule has 1 aliphatic heterocycles. The van der Waals surface area contributed by atoms with E-state index in [0.717, 1.165) is 44.1 Å². The zero-order valence-corrected chi connectivity index (χ0v) is 27.7. The Morgan fingerprint density at radius 2 is 1.67 bits per heavy atom. The minimum Gasteiger partial charge on any atom is -0.393 e. The van der Waals surface area contributed by atoms with Crippen LogP contribution in [0.2, 0.25) is 0 Å². The number of aromatic amines is 1. The Bertz CT molecular complexity index is 1210. The molecular weight excluding hydrogens is 584 g/mol. The van der Waals surface area contributed by atoms with Crippen molar-refractivity contribution in [2.24, 2.45) is 11.8 Å². The van der Waals surface area contributed by atoms with E-state index in [-0.39, 0.29) is 37.1 Å². The number of aliphatic hydroxyl groups is 2. The number of likely N-dealkylation sites (tertiary alicyclic amines) is 1. The number of hydrogen-bond acceptors (Lipinski definition) is 6. The summed E-state index contributed by atoms with van der Waals surface area (Å²) in [7, 11) is 1.60. The Kier molecular flexibility index (Phi) is 13.4. The Balaban J connectivity index is 1.57. The number of nitrogens with one attached hydrogen (secondary N) is 3. The molecule has 0 bridgehead atoms. The average molecular weight is 639 g/mol. The topological polar surface area (TPSA) is 151 Å². The third-order valence-corrected chi connectivity index (χ3v) is 9.71. The number of nitrogens with zero attached hydrogens (tertiary/aromatic N) is 3. The molecule has 2 heterocycles. The van der Waals surface area contributed by atoms with Gasteiger partial charge in [0.1, 0.15) is 12.1 Å². The molecule has 11 nitrogen and oxygen atoms in total. The van der Waals surface area contributed by atoms with Crippen LogP contribution < -0.4 is 10.6 Å². The first-order chi connectivity index (χ1) is 22.1. The maximum absolute atomic E-state index is 14.2. The van der Waals surface area contributed by atoms with Crippen LogP contribution in [0, 0.1) is 11.8 Å². The van der Waals surface area contributed by atoms with Crippen molar-refractivity contribution in [2.75, 3.05) is 20.1 Å². The standard InChI is InChI=1S/C35H54N6O5/c1-24(2)31(42)21-32(43)28(18-25-12-6-4-7-13-25)38-33(44)30(20-27-22-36-23-37-27)40(3)34(45)29(19-26-14-8-5-9-15-26)39-35(46)41-16-10-11-17-41/h5,8-9,14-15,22-25,28-32,42-43H,4,6-7,10-13,16-21H2,1-3H3,(H,36,37)(H,38,44)(H,39,46)/t28-,29-,30-,31-,32-/m0/s1. The SMILES string of the molecule is CC(C)[C@@H](O)C[C@H](O)[C@H](CC1CCCCC1)NC(=O)[C@H](Cc1cnc[nH]1)N(C)C(=O)[C@H](Cc1ccccc1)NC(=O)N1CCCC1. The minimum atomic E-state index is -0.942. The summed E-state index contributed by atoms with van der Waals surface area (Å²) in [6.07, 6.45) is 10.1. The Morgan fingerprint density at radius 3 is 2.30 bits per heavy atom. The van der Waals surface area contributed by atoms with Crippen molar-refractivity contribution in [3.63, 3.8) is 0 Å². The quantitative estimate of drug-likeness (QED) is 0.202. The molecule has 4 rings (SSSR count). The van der Waals surface area contributed by atoms with E-state index in [1.807, 2.05) is 44.2 Å². The molecule has 1 aliphatic carbocycles. The number of aromatic nitrogens is 2. The molecule has 1 aromatic heterocycles. The van der Waals surface area contributed by atoms with Crippen molar-refractivity contribution in [2.45, 2.75) is 115 Å². The highest BCUT2D eigenvalue weighted by atomic mass is 16.3. The molecule has 46 heavy (non-hydrogen) atoms. The van der Waals surface area contributed by atoms with Gasteiger partial charge in [-0.3, -0.25) is 9.59 Å². The first-order valence-electron chi connectivity index (χ1n) is 17.1. The van der Waals surface area contributed by atoms with E-state index >= 15 is 0 Å². The zero-order valence-electron chi connectivity index (χ0n) is 27.7. The first-order valence-corrected chi connectivity index (χ1v) is 17.1. The van der Waals surface area contributed by atoms with Gasteiger partial charge in [0, 0.05) is 51.3 Å². The second-order valence-corrected chi connectivity index (χ2v) is 13.6. The molecule has 0 radical (unpaired) electrons. The van der Waals surface area contributed by atoms with Crippen molar-refractivity contribution in [1.82, 2.24) is 30.4 Å². The Hall–Kier alpha value is -3.44. The summed E-state index contributed by atoms with van der Waals surface area (Å²) in [6.45, 7) is 5.10. The molecule has 254 valence electrons. The number of rotatable bonds is 15. The lowest BCUT2D eigenvalue weighted by atomic mass is 9.82. The van der Waals surface area contributed by atoms with E-state index in [2.05, 4.69) is 20.6 Å². The predicted octanol–water partition coefficient (Wildman–Crippen LogP) is 3.42. The van der Waals surface area contributed by atoms with Crippen LogP contribution in [-0.2, 0) is 22.4 Å². The van der Waals surface area contributed by atoms with Gasteiger partial charge in [0.15, 0.2) is 0 Å². The summed E-state index contributed by atoms with van der Waals surface area (Å²) < 4.78 is 0. The largest absolute Gasteiger partial charge is 0.393 e. The van der Waals surface area contributed by atoms with E-state index in [1.165, 1.54) is 17.6 Å². The van der Waals surface area contributed by atoms with Crippen LogP contribution in [0.1, 0.15) is 82.9 Å². The van der Waals surface area contributed by atoms with Gasteiger partial charge in [-0.2, -0.15) is 0 Å².